The van der Waals surface area contributed by atoms with Gasteiger partial charge in [0, 0.05) is 16.1 Å². The average Bonchev–Trinajstić information content (AvgIpc) is 3.01. The van der Waals surface area contributed by atoms with Crippen molar-refractivity contribution in [1.82, 2.24) is 0 Å². The minimum atomic E-state index is -1.21. The van der Waals surface area contributed by atoms with Crippen LogP contribution in [-0.2, 0) is 0 Å². The molecule has 114 valence electrons. The first-order chi connectivity index (χ1) is 11.1. The van der Waals surface area contributed by atoms with Crippen molar-refractivity contribution in [2.75, 3.05) is 0 Å². The summed E-state index contributed by atoms with van der Waals surface area (Å²) in [5, 5.41) is 9.83. The van der Waals surface area contributed by atoms with Gasteiger partial charge >= 0.3 is 5.97 Å². The fraction of sp³-hybridized carbons (Fsp3) is 0. The number of rotatable bonds is 4. The minimum Gasteiger partial charge on any atom is -0.478 e. The molecule has 0 saturated carbocycles. The molecule has 0 radical (unpaired) electrons. The second-order valence-electron chi connectivity index (χ2n) is 4.86. The van der Waals surface area contributed by atoms with E-state index in [1.165, 1.54) is 0 Å². The number of hydrogen-bond donors (Lipinski definition) is 1. The van der Waals surface area contributed by atoms with E-state index in [9.17, 15) is 14.7 Å². The molecule has 4 nitrogen and oxygen atoms in total. The topological polar surface area (TPSA) is 67.5 Å². The Balaban J connectivity index is 2.16. The average molecular weight is 327 g/mol. The van der Waals surface area contributed by atoms with E-state index in [-0.39, 0.29) is 16.9 Å². The number of carboxylic acids is 1. The number of carbonyl (C=O) groups excluding carboxylic acids is 1. The van der Waals surface area contributed by atoms with Crippen LogP contribution in [0.2, 0.25) is 5.02 Å². The Bertz CT molecular complexity index is 864. The van der Waals surface area contributed by atoms with E-state index in [1.807, 2.05) is 6.07 Å². The fourth-order valence-electron chi connectivity index (χ4n) is 2.29. The summed E-state index contributed by atoms with van der Waals surface area (Å²) in [5.41, 5.74) is 0.850. The highest BCUT2D eigenvalue weighted by Crippen LogP contribution is 2.30. The summed E-state index contributed by atoms with van der Waals surface area (Å²) in [5.74, 6) is -1.40. The van der Waals surface area contributed by atoms with Gasteiger partial charge in [-0.25, -0.2) is 4.79 Å². The number of halogens is 1. The highest BCUT2D eigenvalue weighted by Gasteiger charge is 2.26. The quantitative estimate of drug-likeness (QED) is 0.715. The van der Waals surface area contributed by atoms with Gasteiger partial charge in [-0.05, 0) is 24.3 Å². The molecule has 0 spiro atoms. The SMILES string of the molecule is O=C(O)c1coc(-c2ccccc2)c1C(=O)c1ccc(Cl)cc1. The van der Waals surface area contributed by atoms with Gasteiger partial charge < -0.3 is 9.52 Å². The first-order valence-corrected chi connectivity index (χ1v) is 7.16. The van der Waals surface area contributed by atoms with Crippen molar-refractivity contribution < 1.29 is 19.1 Å². The predicted octanol–water partition coefficient (Wildman–Crippen LogP) is 4.53. The number of carbonyl (C=O) groups is 2. The molecule has 3 aromatic rings. The molecule has 5 heteroatoms. The van der Waals surface area contributed by atoms with Crippen LogP contribution in [-0.4, -0.2) is 16.9 Å². The van der Waals surface area contributed by atoms with Crippen LogP contribution in [0.1, 0.15) is 26.3 Å². The van der Waals surface area contributed by atoms with Gasteiger partial charge in [0.25, 0.3) is 0 Å². The fourth-order valence-corrected chi connectivity index (χ4v) is 2.41. The molecule has 23 heavy (non-hydrogen) atoms. The summed E-state index contributed by atoms with van der Waals surface area (Å²) in [4.78, 5) is 24.2. The zero-order valence-corrected chi connectivity index (χ0v) is 12.6. The Morgan fingerprint density at radius 2 is 1.61 bits per heavy atom. The van der Waals surface area contributed by atoms with Gasteiger partial charge in [-0.15, -0.1) is 0 Å². The van der Waals surface area contributed by atoms with E-state index in [1.54, 1.807) is 48.5 Å². The van der Waals surface area contributed by atoms with Gasteiger partial charge in [-0.3, -0.25) is 4.79 Å². The predicted molar refractivity (Wildman–Crippen MR) is 86.0 cm³/mol. The molecule has 0 unspecified atom stereocenters. The normalized spacial score (nSPS) is 10.5. The van der Waals surface area contributed by atoms with Gasteiger partial charge in [0.05, 0.1) is 5.56 Å². The molecule has 3 rings (SSSR count). The second kappa shape index (κ2) is 6.10. The summed E-state index contributed by atoms with van der Waals surface area (Å²) in [6.45, 7) is 0. The van der Waals surface area contributed by atoms with E-state index in [0.29, 0.717) is 16.1 Å². The number of hydrogen-bond acceptors (Lipinski definition) is 3. The smallest absolute Gasteiger partial charge is 0.339 e. The molecule has 1 aromatic heterocycles. The number of furan rings is 1. The van der Waals surface area contributed by atoms with Crippen LogP contribution < -0.4 is 0 Å². The molecule has 0 amide bonds. The summed E-state index contributed by atoms with van der Waals surface area (Å²) in [6.07, 6.45) is 1.09. The largest absolute Gasteiger partial charge is 0.478 e. The van der Waals surface area contributed by atoms with Crippen LogP contribution >= 0.6 is 11.6 Å². The molecular formula is C18H11ClO4. The van der Waals surface area contributed by atoms with Crippen molar-refractivity contribution >= 4 is 23.4 Å². The van der Waals surface area contributed by atoms with E-state index < -0.39 is 11.8 Å². The molecule has 0 aliphatic carbocycles. The lowest BCUT2D eigenvalue weighted by Gasteiger charge is -2.04. The van der Waals surface area contributed by atoms with Crippen molar-refractivity contribution in [3.63, 3.8) is 0 Å². The lowest BCUT2D eigenvalue weighted by atomic mass is 9.97. The van der Waals surface area contributed by atoms with Crippen molar-refractivity contribution in [3.8, 4) is 11.3 Å². The van der Waals surface area contributed by atoms with Gasteiger partial charge in [-0.1, -0.05) is 41.9 Å². The molecule has 0 fully saturated rings. The van der Waals surface area contributed by atoms with Crippen LogP contribution in [0, 0.1) is 0 Å². The van der Waals surface area contributed by atoms with Gasteiger partial charge in [0.15, 0.2) is 5.78 Å². The van der Waals surface area contributed by atoms with Crippen molar-refractivity contribution in [2.45, 2.75) is 0 Å². The molecular weight excluding hydrogens is 316 g/mol. The first kappa shape index (κ1) is 15.1. The molecule has 0 aliphatic rings. The van der Waals surface area contributed by atoms with Gasteiger partial charge in [0.2, 0.25) is 0 Å². The third-order valence-electron chi connectivity index (χ3n) is 3.39. The van der Waals surface area contributed by atoms with Crippen LogP contribution in [0.5, 0.6) is 0 Å². The Morgan fingerprint density at radius 3 is 2.22 bits per heavy atom. The number of benzene rings is 2. The third kappa shape index (κ3) is 2.89. The highest BCUT2D eigenvalue weighted by molar-refractivity contribution is 6.30. The Labute approximate surface area is 136 Å². The summed E-state index contributed by atoms with van der Waals surface area (Å²) in [6, 6.07) is 15.2. The molecule has 0 atom stereocenters. The molecule has 2 aromatic carbocycles. The van der Waals surface area contributed by atoms with Crippen molar-refractivity contribution in [3.05, 3.63) is 82.6 Å². The molecule has 1 heterocycles. The molecule has 0 saturated heterocycles. The van der Waals surface area contributed by atoms with Gasteiger partial charge in [0.1, 0.15) is 17.6 Å². The summed E-state index contributed by atoms with van der Waals surface area (Å²) in [7, 11) is 0. The van der Waals surface area contributed by atoms with Crippen LogP contribution in [0.3, 0.4) is 0 Å². The van der Waals surface area contributed by atoms with E-state index in [0.717, 1.165) is 6.26 Å². The zero-order chi connectivity index (χ0) is 16.4. The Hall–Kier alpha value is -2.85. The van der Waals surface area contributed by atoms with Crippen molar-refractivity contribution in [1.29, 1.82) is 0 Å². The van der Waals surface area contributed by atoms with Crippen LogP contribution in [0.4, 0.5) is 0 Å². The van der Waals surface area contributed by atoms with Gasteiger partial charge in [-0.2, -0.15) is 0 Å². The zero-order valence-electron chi connectivity index (χ0n) is 11.8. The highest BCUT2D eigenvalue weighted by atomic mass is 35.5. The maximum atomic E-state index is 12.8. The maximum Gasteiger partial charge on any atom is 0.339 e. The monoisotopic (exact) mass is 326 g/mol. The molecule has 1 N–H and O–H groups in total. The summed E-state index contributed by atoms with van der Waals surface area (Å²) < 4.78 is 5.38. The maximum absolute atomic E-state index is 12.8. The Kier molecular flexibility index (Phi) is 4.00. The first-order valence-electron chi connectivity index (χ1n) is 6.78. The number of ketones is 1. The number of aromatic carboxylic acids is 1. The van der Waals surface area contributed by atoms with Crippen LogP contribution in [0.25, 0.3) is 11.3 Å². The lowest BCUT2D eigenvalue weighted by Crippen LogP contribution is -2.08. The van der Waals surface area contributed by atoms with E-state index in [4.69, 9.17) is 16.0 Å². The summed E-state index contributed by atoms with van der Waals surface area (Å²) >= 11 is 5.83. The van der Waals surface area contributed by atoms with Crippen molar-refractivity contribution in [2.24, 2.45) is 0 Å². The van der Waals surface area contributed by atoms with E-state index >= 15 is 0 Å². The van der Waals surface area contributed by atoms with E-state index in [2.05, 4.69) is 0 Å². The minimum absolute atomic E-state index is 0.0334. The molecule has 0 aliphatic heterocycles. The molecule has 0 bridgehead atoms. The second-order valence-corrected chi connectivity index (χ2v) is 5.30. The standard InChI is InChI=1S/C18H11ClO4/c19-13-8-6-11(7-9-13)16(20)15-14(18(21)22)10-23-17(15)12-4-2-1-3-5-12/h1-10H,(H,21,22). The lowest BCUT2D eigenvalue weighted by molar-refractivity contribution is 0.0692. The number of carboxylic acid groups (broad SMARTS) is 1. The van der Waals surface area contributed by atoms with Crippen LogP contribution in [0.15, 0.2) is 65.3 Å². The third-order valence-corrected chi connectivity index (χ3v) is 3.64. The Morgan fingerprint density at radius 1 is 0.957 bits per heavy atom.